The zero-order valence-electron chi connectivity index (χ0n) is 8.54. The van der Waals surface area contributed by atoms with Crippen molar-refractivity contribution in [2.75, 3.05) is 6.61 Å². The Balaban J connectivity index is 2.25. The molecule has 2 N–H and O–H groups in total. The molecule has 0 aromatic rings. The lowest BCUT2D eigenvalue weighted by Gasteiger charge is -2.26. The Morgan fingerprint density at radius 3 is 2.44 bits per heavy atom. The van der Waals surface area contributed by atoms with Gasteiger partial charge < -0.3 is 5.11 Å². The predicted octanol–water partition coefficient (Wildman–Crippen LogP) is 0.944. The summed E-state index contributed by atoms with van der Waals surface area (Å²) in [5.41, 5.74) is 1.95. The lowest BCUT2D eigenvalue weighted by atomic mass is 9.86. The fourth-order valence-corrected chi connectivity index (χ4v) is 1.55. The SMILES string of the molecule is O=C(O)CONC(=O)C1CCC(F)(F)CC1. The fourth-order valence-electron chi connectivity index (χ4n) is 1.55. The maximum Gasteiger partial charge on any atom is 0.332 e. The first kappa shape index (κ1) is 12.8. The van der Waals surface area contributed by atoms with Crippen LogP contribution >= 0.6 is 0 Å². The first-order chi connectivity index (χ1) is 7.41. The van der Waals surface area contributed by atoms with Crippen LogP contribution < -0.4 is 5.48 Å². The number of carboxylic acid groups (broad SMARTS) is 1. The van der Waals surface area contributed by atoms with E-state index in [0.29, 0.717) is 0 Å². The standard InChI is InChI=1S/C9H13F2NO4/c10-9(11)3-1-6(2-4-9)8(15)12-16-5-7(13)14/h6H,1-5H2,(H,12,15)(H,13,14). The molecule has 0 aromatic carbocycles. The summed E-state index contributed by atoms with van der Waals surface area (Å²) in [6, 6.07) is 0. The average molecular weight is 237 g/mol. The number of aliphatic carboxylic acids is 1. The highest BCUT2D eigenvalue weighted by molar-refractivity contribution is 5.78. The number of carboxylic acids is 1. The molecule has 0 saturated heterocycles. The molecule has 92 valence electrons. The van der Waals surface area contributed by atoms with Gasteiger partial charge in [0.15, 0.2) is 6.61 Å². The fraction of sp³-hybridized carbons (Fsp3) is 0.778. The molecule has 0 bridgehead atoms. The van der Waals surface area contributed by atoms with E-state index in [4.69, 9.17) is 5.11 Å². The quantitative estimate of drug-likeness (QED) is 0.713. The number of amides is 1. The number of rotatable bonds is 4. The first-order valence-electron chi connectivity index (χ1n) is 4.92. The highest BCUT2D eigenvalue weighted by atomic mass is 19.3. The van der Waals surface area contributed by atoms with Gasteiger partial charge in [-0.15, -0.1) is 0 Å². The molecule has 0 aliphatic heterocycles. The highest BCUT2D eigenvalue weighted by Gasteiger charge is 2.37. The first-order valence-corrected chi connectivity index (χ1v) is 4.92. The maximum atomic E-state index is 12.8. The van der Waals surface area contributed by atoms with Crippen molar-refractivity contribution in [2.24, 2.45) is 5.92 Å². The summed E-state index contributed by atoms with van der Waals surface area (Å²) in [6.45, 7) is -0.644. The molecule has 0 aromatic heterocycles. The molecule has 1 amide bonds. The van der Waals surface area contributed by atoms with Gasteiger partial charge in [-0.3, -0.25) is 9.63 Å². The Morgan fingerprint density at radius 1 is 1.38 bits per heavy atom. The Kier molecular flexibility index (Phi) is 4.17. The van der Waals surface area contributed by atoms with Crippen molar-refractivity contribution in [1.82, 2.24) is 5.48 Å². The summed E-state index contributed by atoms with van der Waals surface area (Å²) >= 11 is 0. The number of hydrogen-bond acceptors (Lipinski definition) is 3. The zero-order chi connectivity index (χ0) is 12.2. The van der Waals surface area contributed by atoms with Crippen LogP contribution in [0.1, 0.15) is 25.7 Å². The van der Waals surface area contributed by atoms with E-state index in [1.807, 2.05) is 5.48 Å². The zero-order valence-corrected chi connectivity index (χ0v) is 8.54. The molecular weight excluding hydrogens is 224 g/mol. The van der Waals surface area contributed by atoms with Gasteiger partial charge in [0, 0.05) is 18.8 Å². The lowest BCUT2D eigenvalue weighted by molar-refractivity contribution is -0.152. The van der Waals surface area contributed by atoms with Crippen LogP contribution in [0.25, 0.3) is 0 Å². The van der Waals surface area contributed by atoms with E-state index < -0.39 is 30.3 Å². The van der Waals surface area contributed by atoms with Crippen LogP contribution in [0.3, 0.4) is 0 Å². The molecule has 1 aliphatic rings. The third-order valence-electron chi connectivity index (χ3n) is 2.46. The van der Waals surface area contributed by atoms with Crippen molar-refractivity contribution in [2.45, 2.75) is 31.6 Å². The molecule has 1 aliphatic carbocycles. The number of halogens is 2. The van der Waals surface area contributed by atoms with Crippen LogP contribution in [0, 0.1) is 5.92 Å². The third-order valence-corrected chi connectivity index (χ3v) is 2.46. The second kappa shape index (κ2) is 5.20. The Morgan fingerprint density at radius 2 is 1.94 bits per heavy atom. The number of hydrogen-bond donors (Lipinski definition) is 2. The normalized spacial score (nSPS) is 20.4. The van der Waals surface area contributed by atoms with Crippen molar-refractivity contribution >= 4 is 11.9 Å². The van der Waals surface area contributed by atoms with Crippen molar-refractivity contribution < 1.29 is 28.3 Å². The molecule has 7 heteroatoms. The van der Waals surface area contributed by atoms with Gasteiger partial charge in [0.25, 0.3) is 0 Å². The van der Waals surface area contributed by atoms with Crippen molar-refractivity contribution in [3.8, 4) is 0 Å². The van der Waals surface area contributed by atoms with Gasteiger partial charge in [0.2, 0.25) is 11.8 Å². The molecule has 1 rings (SSSR count). The van der Waals surface area contributed by atoms with Crippen LogP contribution in [0.5, 0.6) is 0 Å². The summed E-state index contributed by atoms with van der Waals surface area (Å²) in [4.78, 5) is 25.8. The van der Waals surface area contributed by atoms with E-state index >= 15 is 0 Å². The molecule has 0 heterocycles. The molecule has 1 fully saturated rings. The second-order valence-corrected chi connectivity index (χ2v) is 3.78. The Hall–Kier alpha value is -1.24. The number of alkyl halides is 2. The van der Waals surface area contributed by atoms with Crippen molar-refractivity contribution in [1.29, 1.82) is 0 Å². The average Bonchev–Trinajstić information content (AvgIpc) is 2.16. The summed E-state index contributed by atoms with van der Waals surface area (Å²) in [7, 11) is 0. The number of nitrogens with one attached hydrogen (secondary N) is 1. The van der Waals surface area contributed by atoms with Gasteiger partial charge in [0.05, 0.1) is 0 Å². The molecular formula is C9H13F2NO4. The minimum atomic E-state index is -2.68. The van der Waals surface area contributed by atoms with E-state index in [9.17, 15) is 18.4 Å². The second-order valence-electron chi connectivity index (χ2n) is 3.78. The predicted molar refractivity (Wildman–Crippen MR) is 48.6 cm³/mol. The Labute approximate surface area is 90.7 Å². The summed E-state index contributed by atoms with van der Waals surface area (Å²) in [5.74, 6) is -4.95. The van der Waals surface area contributed by atoms with Gasteiger partial charge in [-0.2, -0.15) is 0 Å². The van der Waals surface area contributed by atoms with E-state index in [2.05, 4.69) is 4.84 Å². The molecule has 0 atom stereocenters. The maximum absolute atomic E-state index is 12.8. The topological polar surface area (TPSA) is 75.6 Å². The number of carbonyl (C=O) groups is 2. The molecule has 0 radical (unpaired) electrons. The summed E-state index contributed by atoms with van der Waals surface area (Å²) in [6.07, 6.45) is -0.446. The lowest BCUT2D eigenvalue weighted by Crippen LogP contribution is -2.36. The van der Waals surface area contributed by atoms with Crippen LogP contribution in [0.4, 0.5) is 8.78 Å². The summed E-state index contributed by atoms with van der Waals surface area (Å²) in [5, 5.41) is 8.23. The molecule has 0 unspecified atom stereocenters. The number of carbonyl (C=O) groups excluding carboxylic acids is 1. The third kappa shape index (κ3) is 4.09. The molecule has 5 nitrogen and oxygen atoms in total. The van der Waals surface area contributed by atoms with Crippen LogP contribution in [0.15, 0.2) is 0 Å². The largest absolute Gasteiger partial charge is 0.479 e. The van der Waals surface area contributed by atoms with E-state index in [-0.39, 0.29) is 25.7 Å². The minimum absolute atomic E-state index is 0.0925. The van der Waals surface area contributed by atoms with Gasteiger partial charge in [-0.25, -0.2) is 19.1 Å². The smallest absolute Gasteiger partial charge is 0.332 e. The van der Waals surface area contributed by atoms with Gasteiger partial charge in [-0.1, -0.05) is 0 Å². The van der Waals surface area contributed by atoms with Gasteiger partial charge in [0.1, 0.15) is 0 Å². The van der Waals surface area contributed by atoms with Crippen LogP contribution in [-0.2, 0) is 14.4 Å². The highest BCUT2D eigenvalue weighted by Crippen LogP contribution is 2.36. The van der Waals surface area contributed by atoms with E-state index in [1.165, 1.54) is 0 Å². The van der Waals surface area contributed by atoms with Crippen LogP contribution in [0.2, 0.25) is 0 Å². The number of hydroxylamine groups is 1. The van der Waals surface area contributed by atoms with E-state index in [0.717, 1.165) is 0 Å². The van der Waals surface area contributed by atoms with Crippen molar-refractivity contribution in [3.63, 3.8) is 0 Å². The van der Waals surface area contributed by atoms with Gasteiger partial charge >= 0.3 is 5.97 Å². The summed E-state index contributed by atoms with van der Waals surface area (Å²) < 4.78 is 25.5. The minimum Gasteiger partial charge on any atom is -0.479 e. The molecule has 1 saturated carbocycles. The molecule has 0 spiro atoms. The van der Waals surface area contributed by atoms with E-state index in [1.54, 1.807) is 0 Å². The van der Waals surface area contributed by atoms with Gasteiger partial charge in [-0.05, 0) is 12.8 Å². The van der Waals surface area contributed by atoms with Crippen LogP contribution in [-0.4, -0.2) is 29.5 Å². The Bertz CT molecular complexity index is 273. The molecule has 16 heavy (non-hydrogen) atoms. The van der Waals surface area contributed by atoms with Crippen molar-refractivity contribution in [3.05, 3.63) is 0 Å². The monoisotopic (exact) mass is 237 g/mol.